The van der Waals surface area contributed by atoms with Gasteiger partial charge < -0.3 is 4.57 Å². The van der Waals surface area contributed by atoms with Crippen molar-refractivity contribution < 1.29 is 0 Å². The second-order valence-corrected chi connectivity index (χ2v) is 6.98. The van der Waals surface area contributed by atoms with E-state index in [4.69, 9.17) is 16.6 Å². The molecule has 0 N–H and O–H groups in total. The first-order valence-corrected chi connectivity index (χ1v) is 7.57. The topological polar surface area (TPSA) is 17.8 Å². The molecule has 1 aromatic heterocycles. The first-order valence-electron chi connectivity index (χ1n) is 6.34. The van der Waals surface area contributed by atoms with E-state index in [2.05, 4.69) is 45.6 Å². The lowest BCUT2D eigenvalue weighted by Gasteiger charge is -2.41. The average Bonchev–Trinajstić information content (AvgIpc) is 2.64. The van der Waals surface area contributed by atoms with Crippen molar-refractivity contribution in [3.63, 3.8) is 0 Å². The highest BCUT2D eigenvalue weighted by molar-refractivity contribution is 9.10. The van der Waals surface area contributed by atoms with Crippen molar-refractivity contribution in [2.24, 2.45) is 0 Å². The Morgan fingerprint density at radius 2 is 2.17 bits per heavy atom. The number of aromatic nitrogens is 2. The van der Waals surface area contributed by atoms with Crippen molar-refractivity contribution in [1.29, 1.82) is 0 Å². The highest BCUT2D eigenvalue weighted by Crippen LogP contribution is 2.43. The summed E-state index contributed by atoms with van der Waals surface area (Å²) < 4.78 is 3.42. The minimum Gasteiger partial charge on any atom is -0.321 e. The van der Waals surface area contributed by atoms with Crippen LogP contribution in [0.1, 0.15) is 44.3 Å². The van der Waals surface area contributed by atoms with Crippen LogP contribution in [0.5, 0.6) is 0 Å². The van der Waals surface area contributed by atoms with Crippen LogP contribution in [0, 0.1) is 0 Å². The van der Waals surface area contributed by atoms with Crippen LogP contribution >= 0.6 is 27.5 Å². The molecular formula is C14H16BrClN2. The number of fused-ring (bicyclic) bond motifs is 1. The van der Waals surface area contributed by atoms with Crippen LogP contribution in [0.3, 0.4) is 0 Å². The maximum Gasteiger partial charge on any atom is 0.128 e. The van der Waals surface area contributed by atoms with E-state index in [0.29, 0.717) is 0 Å². The molecule has 1 aliphatic carbocycles. The number of hydrogen-bond acceptors (Lipinski definition) is 1. The molecule has 0 spiro atoms. The Kier molecular flexibility index (Phi) is 2.94. The van der Waals surface area contributed by atoms with Gasteiger partial charge in [0.15, 0.2) is 0 Å². The maximum atomic E-state index is 6.31. The minimum absolute atomic E-state index is 0.0615. The van der Waals surface area contributed by atoms with Crippen LogP contribution in [0.15, 0.2) is 22.7 Å². The summed E-state index contributed by atoms with van der Waals surface area (Å²) in [5.74, 6) is 0.993. The molecule has 18 heavy (non-hydrogen) atoms. The zero-order valence-electron chi connectivity index (χ0n) is 10.6. The van der Waals surface area contributed by atoms with Gasteiger partial charge in [-0.3, -0.25) is 0 Å². The molecule has 4 heteroatoms. The Morgan fingerprint density at radius 1 is 1.44 bits per heavy atom. The fourth-order valence-corrected chi connectivity index (χ4v) is 3.31. The number of benzene rings is 1. The van der Waals surface area contributed by atoms with Crippen molar-refractivity contribution >= 4 is 38.6 Å². The smallest absolute Gasteiger partial charge is 0.128 e. The molecule has 0 amide bonds. The fraction of sp³-hybridized carbons (Fsp3) is 0.500. The van der Waals surface area contributed by atoms with Crippen LogP contribution in [0.25, 0.3) is 11.0 Å². The molecule has 2 aromatic rings. The van der Waals surface area contributed by atoms with Crippen molar-refractivity contribution in [2.75, 3.05) is 0 Å². The summed E-state index contributed by atoms with van der Waals surface area (Å²) >= 11 is 9.81. The molecule has 96 valence electrons. The summed E-state index contributed by atoms with van der Waals surface area (Å²) in [5, 5.41) is -0.0615. The number of hydrogen-bond donors (Lipinski definition) is 0. The monoisotopic (exact) mass is 326 g/mol. The van der Waals surface area contributed by atoms with E-state index >= 15 is 0 Å². The first kappa shape index (κ1) is 12.5. The van der Waals surface area contributed by atoms with E-state index in [-0.39, 0.29) is 10.9 Å². The molecule has 1 fully saturated rings. The molecule has 1 heterocycles. The molecule has 1 saturated carbocycles. The van der Waals surface area contributed by atoms with Gasteiger partial charge in [0.2, 0.25) is 0 Å². The molecule has 0 aliphatic heterocycles. The van der Waals surface area contributed by atoms with Gasteiger partial charge in [-0.1, -0.05) is 15.9 Å². The molecular weight excluding hydrogens is 312 g/mol. The lowest BCUT2D eigenvalue weighted by atomic mass is 9.78. The summed E-state index contributed by atoms with van der Waals surface area (Å²) in [6.45, 7) is 4.30. The Hall–Kier alpha value is -0.540. The van der Waals surface area contributed by atoms with Crippen molar-refractivity contribution in [1.82, 2.24) is 9.55 Å². The second kappa shape index (κ2) is 4.24. The lowest BCUT2D eigenvalue weighted by Crippen LogP contribution is -2.38. The number of alkyl halides is 1. The molecule has 1 atom stereocenters. The summed E-state index contributed by atoms with van der Waals surface area (Å²) in [5.41, 5.74) is 2.42. The van der Waals surface area contributed by atoms with Crippen LogP contribution in [-0.4, -0.2) is 9.55 Å². The lowest BCUT2D eigenvalue weighted by molar-refractivity contribution is 0.169. The fourth-order valence-electron chi connectivity index (χ4n) is 2.82. The second-order valence-electron chi connectivity index (χ2n) is 5.40. The number of halogens is 2. The van der Waals surface area contributed by atoms with Crippen LogP contribution in [-0.2, 0) is 5.54 Å². The van der Waals surface area contributed by atoms with E-state index in [1.165, 1.54) is 24.8 Å². The SMILES string of the molecule is CC(Cl)c1nc2cc(Br)ccc2n1C1(C)CCC1. The van der Waals surface area contributed by atoms with E-state index < -0.39 is 0 Å². The van der Waals surface area contributed by atoms with Crippen molar-refractivity contribution in [3.05, 3.63) is 28.5 Å². The Balaban J connectivity index is 2.28. The van der Waals surface area contributed by atoms with Crippen LogP contribution in [0.4, 0.5) is 0 Å². The predicted octanol–water partition coefficient (Wildman–Crippen LogP) is 5.00. The van der Waals surface area contributed by atoms with Gasteiger partial charge >= 0.3 is 0 Å². The Morgan fingerprint density at radius 3 is 2.72 bits per heavy atom. The Labute approximate surface area is 120 Å². The summed E-state index contributed by atoms with van der Waals surface area (Å²) in [6.07, 6.45) is 3.72. The standard InChI is InChI=1S/C14H16BrClN2/c1-9(16)13-17-11-8-10(15)4-5-12(11)18(13)14(2)6-3-7-14/h4-5,8-9H,3,6-7H2,1-2H3. The molecule has 0 saturated heterocycles. The number of imidazole rings is 1. The van der Waals surface area contributed by atoms with E-state index in [1.807, 2.05) is 6.92 Å². The first-order chi connectivity index (χ1) is 8.51. The van der Waals surface area contributed by atoms with Gasteiger partial charge in [-0.05, 0) is 51.3 Å². The highest BCUT2D eigenvalue weighted by Gasteiger charge is 2.37. The molecule has 1 aliphatic rings. The van der Waals surface area contributed by atoms with E-state index in [0.717, 1.165) is 15.8 Å². The van der Waals surface area contributed by atoms with Crippen molar-refractivity contribution in [2.45, 2.75) is 44.0 Å². The van der Waals surface area contributed by atoms with Crippen LogP contribution in [0.2, 0.25) is 0 Å². The van der Waals surface area contributed by atoms with Gasteiger partial charge in [0, 0.05) is 10.0 Å². The molecule has 2 nitrogen and oxygen atoms in total. The van der Waals surface area contributed by atoms with Crippen LogP contribution < -0.4 is 0 Å². The average molecular weight is 328 g/mol. The number of rotatable bonds is 2. The third-order valence-electron chi connectivity index (χ3n) is 3.97. The van der Waals surface area contributed by atoms with E-state index in [1.54, 1.807) is 0 Å². The van der Waals surface area contributed by atoms with E-state index in [9.17, 15) is 0 Å². The largest absolute Gasteiger partial charge is 0.321 e. The predicted molar refractivity (Wildman–Crippen MR) is 79.2 cm³/mol. The van der Waals surface area contributed by atoms with Gasteiger partial charge in [-0.2, -0.15) is 0 Å². The van der Waals surface area contributed by atoms with Gasteiger partial charge in [-0.15, -0.1) is 11.6 Å². The zero-order chi connectivity index (χ0) is 12.9. The molecule has 0 radical (unpaired) electrons. The maximum absolute atomic E-state index is 6.31. The normalized spacial score (nSPS) is 19.8. The highest BCUT2D eigenvalue weighted by atomic mass is 79.9. The summed E-state index contributed by atoms with van der Waals surface area (Å²) in [7, 11) is 0. The summed E-state index contributed by atoms with van der Waals surface area (Å²) in [4.78, 5) is 4.72. The Bertz CT molecular complexity index is 599. The third kappa shape index (κ3) is 1.79. The quantitative estimate of drug-likeness (QED) is 0.710. The minimum atomic E-state index is -0.0615. The number of nitrogens with zero attached hydrogens (tertiary/aromatic N) is 2. The van der Waals surface area contributed by atoms with Gasteiger partial charge in [0.25, 0.3) is 0 Å². The molecule has 1 aromatic carbocycles. The summed E-state index contributed by atoms with van der Waals surface area (Å²) in [6, 6.07) is 6.28. The van der Waals surface area contributed by atoms with Crippen molar-refractivity contribution in [3.8, 4) is 0 Å². The van der Waals surface area contributed by atoms with Gasteiger partial charge in [-0.25, -0.2) is 4.98 Å². The third-order valence-corrected chi connectivity index (χ3v) is 4.66. The zero-order valence-corrected chi connectivity index (χ0v) is 12.9. The molecule has 0 bridgehead atoms. The molecule has 3 rings (SSSR count). The van der Waals surface area contributed by atoms with Gasteiger partial charge in [0.1, 0.15) is 5.82 Å². The van der Waals surface area contributed by atoms with Gasteiger partial charge in [0.05, 0.1) is 16.4 Å². The molecule has 1 unspecified atom stereocenters.